The van der Waals surface area contributed by atoms with Gasteiger partial charge in [0.1, 0.15) is 6.54 Å². The van der Waals surface area contributed by atoms with Gasteiger partial charge in [0.25, 0.3) is 5.56 Å². The summed E-state index contributed by atoms with van der Waals surface area (Å²) in [6.45, 7) is 8.58. The number of hydrogen-bond acceptors (Lipinski definition) is 5. The van der Waals surface area contributed by atoms with Crippen LogP contribution in [0.15, 0.2) is 35.1 Å². The van der Waals surface area contributed by atoms with E-state index in [0.717, 1.165) is 11.4 Å². The molecule has 3 rings (SSSR count). The molecule has 0 aliphatic rings. The van der Waals surface area contributed by atoms with E-state index in [4.69, 9.17) is 0 Å². The molecule has 1 aromatic carbocycles. The minimum atomic E-state index is -0.391. The molecule has 0 fully saturated rings. The van der Waals surface area contributed by atoms with Crippen molar-refractivity contribution in [2.45, 2.75) is 47.6 Å². The monoisotopic (exact) mass is 422 g/mol. The summed E-state index contributed by atoms with van der Waals surface area (Å²) in [5.41, 5.74) is 3.59. The number of nitrogens with zero attached hydrogens (tertiary/aromatic N) is 4. The molecule has 0 unspecified atom stereocenters. The lowest BCUT2D eigenvalue weighted by Gasteiger charge is -2.16. The number of aryl methyl sites for hydroxylation is 3. The second-order valence-electron chi connectivity index (χ2n) is 7.37. The highest BCUT2D eigenvalue weighted by molar-refractivity contribution is 5.93. The molecule has 2 amide bonds. The normalized spacial score (nSPS) is 10.7. The highest BCUT2D eigenvalue weighted by atomic mass is 16.2. The van der Waals surface area contributed by atoms with Gasteiger partial charge in [-0.15, -0.1) is 0 Å². The lowest BCUT2D eigenvalue weighted by molar-refractivity contribution is -0.117. The molecule has 2 aromatic heterocycles. The maximum atomic E-state index is 13.2. The van der Waals surface area contributed by atoms with E-state index >= 15 is 0 Å². The molecule has 0 spiro atoms. The Hall–Kier alpha value is -3.75. The van der Waals surface area contributed by atoms with E-state index in [-0.39, 0.29) is 18.0 Å². The van der Waals surface area contributed by atoms with Crippen LogP contribution in [-0.2, 0) is 22.6 Å². The van der Waals surface area contributed by atoms with Gasteiger partial charge in [0.15, 0.2) is 0 Å². The Kier molecular flexibility index (Phi) is 6.33. The van der Waals surface area contributed by atoms with Crippen LogP contribution in [0.5, 0.6) is 0 Å². The average Bonchev–Trinajstić information content (AvgIpc) is 3.02. The fourth-order valence-electron chi connectivity index (χ4n) is 3.45. The van der Waals surface area contributed by atoms with Crippen molar-refractivity contribution in [1.82, 2.24) is 19.3 Å². The molecular weight excluding hydrogens is 396 g/mol. The number of hydrogen-bond donors (Lipinski definition) is 2. The zero-order valence-corrected chi connectivity index (χ0v) is 18.3. The van der Waals surface area contributed by atoms with Crippen molar-refractivity contribution < 1.29 is 9.59 Å². The van der Waals surface area contributed by atoms with Crippen molar-refractivity contribution in [3.05, 3.63) is 63.3 Å². The molecule has 0 saturated carbocycles. The summed E-state index contributed by atoms with van der Waals surface area (Å²) in [5.74, 6) is -0.299. The zero-order chi connectivity index (χ0) is 22.7. The van der Waals surface area contributed by atoms with Gasteiger partial charge in [-0.3, -0.25) is 19.0 Å². The third-order valence-electron chi connectivity index (χ3n) is 4.77. The number of nitrogens with one attached hydrogen (secondary N) is 2. The number of aromatic nitrogens is 4. The van der Waals surface area contributed by atoms with E-state index in [2.05, 4.69) is 20.7 Å². The van der Waals surface area contributed by atoms with Crippen molar-refractivity contribution >= 4 is 23.2 Å². The summed E-state index contributed by atoms with van der Waals surface area (Å²) >= 11 is 0. The number of anilines is 2. The topological polar surface area (TPSA) is 111 Å². The molecule has 0 saturated heterocycles. The highest BCUT2D eigenvalue weighted by Gasteiger charge is 2.19. The molecular formula is C22H26N6O3. The van der Waals surface area contributed by atoms with Gasteiger partial charge in [-0.05, 0) is 51.5 Å². The second kappa shape index (κ2) is 8.95. The van der Waals surface area contributed by atoms with Crippen LogP contribution in [-0.4, -0.2) is 31.1 Å². The van der Waals surface area contributed by atoms with Crippen LogP contribution in [0.1, 0.15) is 36.5 Å². The predicted octanol–water partition coefficient (Wildman–Crippen LogP) is 2.51. The number of carbonyl (C=O) groups is 2. The molecule has 0 aliphatic carbocycles. The number of benzene rings is 1. The van der Waals surface area contributed by atoms with Crippen molar-refractivity contribution in [2.75, 3.05) is 10.6 Å². The maximum absolute atomic E-state index is 13.2. The summed E-state index contributed by atoms with van der Waals surface area (Å²) in [6, 6.07) is 8.68. The molecule has 9 nitrogen and oxygen atoms in total. The number of carbonyl (C=O) groups excluding carboxylic acids is 2. The predicted molar refractivity (Wildman–Crippen MR) is 119 cm³/mol. The standard InChI is InChI=1S/C22H26N6O3/c1-6-19-15(4)23-22(28-14(3)10-13(2)26-28)27(21(19)31)12-20(30)25-18-9-7-8-17(11-18)24-16(5)29/h7-11H,6,12H2,1-5H3,(H,24,29)(H,25,30). The first-order valence-corrected chi connectivity index (χ1v) is 10.0. The van der Waals surface area contributed by atoms with E-state index in [9.17, 15) is 14.4 Å². The first kappa shape index (κ1) is 21.9. The van der Waals surface area contributed by atoms with E-state index in [1.54, 1.807) is 35.9 Å². The van der Waals surface area contributed by atoms with Gasteiger partial charge < -0.3 is 10.6 Å². The van der Waals surface area contributed by atoms with Gasteiger partial charge in [-0.2, -0.15) is 5.10 Å². The third kappa shape index (κ3) is 4.88. The molecule has 162 valence electrons. The Morgan fingerprint density at radius 3 is 2.32 bits per heavy atom. The Morgan fingerprint density at radius 1 is 1.06 bits per heavy atom. The van der Waals surface area contributed by atoms with Crippen LogP contribution in [0.3, 0.4) is 0 Å². The van der Waals surface area contributed by atoms with Crippen molar-refractivity contribution in [1.29, 1.82) is 0 Å². The summed E-state index contributed by atoms with van der Waals surface area (Å²) in [6.07, 6.45) is 0.509. The SMILES string of the molecule is CCc1c(C)nc(-n2nc(C)cc2C)n(CC(=O)Nc2cccc(NC(C)=O)c2)c1=O. The molecule has 9 heteroatoms. The maximum Gasteiger partial charge on any atom is 0.258 e. The molecule has 0 atom stereocenters. The third-order valence-corrected chi connectivity index (χ3v) is 4.77. The van der Waals surface area contributed by atoms with E-state index in [1.807, 2.05) is 26.8 Å². The van der Waals surface area contributed by atoms with E-state index < -0.39 is 5.91 Å². The van der Waals surface area contributed by atoms with Crippen LogP contribution in [0, 0.1) is 20.8 Å². The molecule has 0 aliphatic heterocycles. The molecule has 0 bridgehead atoms. The first-order valence-electron chi connectivity index (χ1n) is 10.0. The Bertz CT molecular complexity index is 1210. The van der Waals surface area contributed by atoms with Crippen molar-refractivity contribution in [3.8, 4) is 5.95 Å². The van der Waals surface area contributed by atoms with Gasteiger partial charge >= 0.3 is 0 Å². The lowest BCUT2D eigenvalue weighted by atomic mass is 10.2. The van der Waals surface area contributed by atoms with Gasteiger partial charge in [0.2, 0.25) is 17.8 Å². The van der Waals surface area contributed by atoms with Crippen LogP contribution in [0.4, 0.5) is 11.4 Å². The van der Waals surface area contributed by atoms with Crippen LogP contribution >= 0.6 is 0 Å². The Balaban J connectivity index is 1.96. The van der Waals surface area contributed by atoms with Gasteiger partial charge in [0.05, 0.1) is 11.4 Å². The quantitative estimate of drug-likeness (QED) is 0.634. The fraction of sp³-hybridized carbons (Fsp3) is 0.318. The van der Waals surface area contributed by atoms with Crippen LogP contribution in [0.25, 0.3) is 5.95 Å². The first-order chi connectivity index (χ1) is 14.7. The summed E-state index contributed by atoms with van der Waals surface area (Å²) in [7, 11) is 0. The average molecular weight is 422 g/mol. The minimum Gasteiger partial charge on any atom is -0.326 e. The molecule has 31 heavy (non-hydrogen) atoms. The second-order valence-corrected chi connectivity index (χ2v) is 7.37. The van der Waals surface area contributed by atoms with E-state index in [1.165, 1.54) is 11.5 Å². The zero-order valence-electron chi connectivity index (χ0n) is 18.3. The fourth-order valence-corrected chi connectivity index (χ4v) is 3.45. The van der Waals surface area contributed by atoms with Crippen LogP contribution in [0.2, 0.25) is 0 Å². The largest absolute Gasteiger partial charge is 0.326 e. The van der Waals surface area contributed by atoms with Gasteiger partial charge in [-0.1, -0.05) is 13.0 Å². The van der Waals surface area contributed by atoms with Gasteiger partial charge in [-0.25, -0.2) is 9.67 Å². The summed E-state index contributed by atoms with van der Waals surface area (Å²) in [5, 5.41) is 9.88. The van der Waals surface area contributed by atoms with E-state index in [0.29, 0.717) is 35.0 Å². The van der Waals surface area contributed by atoms with Crippen molar-refractivity contribution in [2.24, 2.45) is 0 Å². The Labute approximate surface area is 180 Å². The number of amides is 2. The van der Waals surface area contributed by atoms with Crippen molar-refractivity contribution in [3.63, 3.8) is 0 Å². The van der Waals surface area contributed by atoms with Gasteiger partial charge in [0, 0.05) is 29.6 Å². The minimum absolute atomic E-state index is 0.206. The smallest absolute Gasteiger partial charge is 0.258 e. The molecule has 2 N–H and O–H groups in total. The summed E-state index contributed by atoms with van der Waals surface area (Å²) < 4.78 is 2.92. The van der Waals surface area contributed by atoms with Crippen LogP contribution < -0.4 is 16.2 Å². The number of rotatable bonds is 6. The molecule has 0 radical (unpaired) electrons. The Morgan fingerprint density at radius 2 is 1.74 bits per heavy atom. The highest BCUT2D eigenvalue weighted by Crippen LogP contribution is 2.16. The molecule has 2 heterocycles. The molecule has 3 aromatic rings. The lowest BCUT2D eigenvalue weighted by Crippen LogP contribution is -2.34. The summed E-state index contributed by atoms with van der Waals surface area (Å²) in [4.78, 5) is 41.8.